The topological polar surface area (TPSA) is 52.3 Å². The van der Waals surface area contributed by atoms with Crippen molar-refractivity contribution in [1.82, 2.24) is 0 Å². The largest absolute Gasteiger partial charge is 0.466 e. The molecule has 0 radical (unpaired) electrons. The number of ether oxygens (including phenoxy) is 1. The summed E-state index contributed by atoms with van der Waals surface area (Å²) >= 11 is 0. The van der Waals surface area contributed by atoms with Gasteiger partial charge in [0.2, 0.25) is 0 Å². The predicted molar refractivity (Wildman–Crippen MR) is 61.7 cm³/mol. The molecule has 1 aromatic carbocycles. The minimum Gasteiger partial charge on any atom is -0.466 e. The first-order valence-corrected chi connectivity index (χ1v) is 5.01. The lowest BCUT2D eigenvalue weighted by Gasteiger charge is -2.11. The Morgan fingerprint density at radius 2 is 1.83 bits per heavy atom. The van der Waals surface area contributed by atoms with Gasteiger partial charge in [0.15, 0.2) is 17.5 Å². The van der Waals surface area contributed by atoms with Gasteiger partial charge < -0.3 is 10.5 Å². The molecule has 2 N–H and O–H groups in total. The standard InChI is InChI=1S/C11H12F3NO2.ClH/c1-2-17-10(16)5-9(15)6-3-7(12)11(14)8(13)4-6;/h3-4,9H,2,5,15H2,1H3;1H/t9-;/m1./s1. The highest BCUT2D eigenvalue weighted by Crippen LogP contribution is 2.20. The summed E-state index contributed by atoms with van der Waals surface area (Å²) in [5.41, 5.74) is 5.57. The van der Waals surface area contributed by atoms with Crippen LogP contribution in [0.3, 0.4) is 0 Å². The number of nitrogens with two attached hydrogens (primary N) is 1. The summed E-state index contributed by atoms with van der Waals surface area (Å²) in [4.78, 5) is 11.1. The van der Waals surface area contributed by atoms with Crippen molar-refractivity contribution in [2.75, 3.05) is 6.61 Å². The molecule has 0 spiro atoms. The Kier molecular flexibility index (Phi) is 6.72. The number of halogens is 4. The van der Waals surface area contributed by atoms with Gasteiger partial charge in [-0.15, -0.1) is 12.4 Å². The first kappa shape index (κ1) is 16.7. The molecular formula is C11H13ClF3NO2. The minimum absolute atomic E-state index is 0. The highest BCUT2D eigenvalue weighted by atomic mass is 35.5. The van der Waals surface area contributed by atoms with Crippen LogP contribution in [0.2, 0.25) is 0 Å². The van der Waals surface area contributed by atoms with Crippen molar-refractivity contribution in [2.45, 2.75) is 19.4 Å². The quantitative estimate of drug-likeness (QED) is 0.682. The maximum absolute atomic E-state index is 12.9. The van der Waals surface area contributed by atoms with Gasteiger partial charge in [-0.05, 0) is 24.6 Å². The van der Waals surface area contributed by atoms with E-state index in [2.05, 4.69) is 4.74 Å². The number of rotatable bonds is 4. The van der Waals surface area contributed by atoms with Gasteiger partial charge in [0.1, 0.15) is 0 Å². The van der Waals surface area contributed by atoms with Crippen molar-refractivity contribution in [3.8, 4) is 0 Å². The summed E-state index contributed by atoms with van der Waals surface area (Å²) in [5, 5.41) is 0. The van der Waals surface area contributed by atoms with E-state index in [1.54, 1.807) is 6.92 Å². The summed E-state index contributed by atoms with van der Waals surface area (Å²) in [6, 6.07) is 0.601. The molecule has 0 aliphatic rings. The van der Waals surface area contributed by atoms with Gasteiger partial charge in [-0.25, -0.2) is 13.2 Å². The molecule has 1 rings (SSSR count). The smallest absolute Gasteiger partial charge is 0.307 e. The Morgan fingerprint density at radius 3 is 2.28 bits per heavy atom. The fraction of sp³-hybridized carbons (Fsp3) is 0.364. The maximum Gasteiger partial charge on any atom is 0.307 e. The molecule has 102 valence electrons. The fourth-order valence-electron chi connectivity index (χ4n) is 1.31. The predicted octanol–water partition coefficient (Wildman–Crippen LogP) is 2.48. The lowest BCUT2D eigenvalue weighted by atomic mass is 10.0. The minimum atomic E-state index is -1.56. The van der Waals surface area contributed by atoms with Crippen molar-refractivity contribution in [1.29, 1.82) is 0 Å². The van der Waals surface area contributed by atoms with Crippen molar-refractivity contribution < 1.29 is 22.7 Å². The van der Waals surface area contributed by atoms with E-state index in [9.17, 15) is 18.0 Å². The van der Waals surface area contributed by atoms with E-state index in [1.807, 2.05) is 0 Å². The molecule has 0 saturated carbocycles. The molecule has 1 aromatic rings. The van der Waals surface area contributed by atoms with Crippen LogP contribution in [0.5, 0.6) is 0 Å². The average molecular weight is 284 g/mol. The Bertz CT molecular complexity index is 406. The number of esters is 1. The maximum atomic E-state index is 12.9. The molecule has 0 aliphatic heterocycles. The summed E-state index contributed by atoms with van der Waals surface area (Å²) in [5.74, 6) is -4.80. The highest BCUT2D eigenvalue weighted by molar-refractivity contribution is 5.85. The molecule has 0 amide bonds. The van der Waals surface area contributed by atoms with E-state index in [4.69, 9.17) is 5.73 Å². The van der Waals surface area contributed by atoms with Gasteiger partial charge in [0.25, 0.3) is 0 Å². The molecule has 0 unspecified atom stereocenters. The average Bonchev–Trinajstić information content (AvgIpc) is 2.25. The third-order valence-corrected chi connectivity index (χ3v) is 2.13. The van der Waals surface area contributed by atoms with Gasteiger partial charge in [-0.1, -0.05) is 0 Å². The van der Waals surface area contributed by atoms with Crippen LogP contribution in [0.25, 0.3) is 0 Å². The SMILES string of the molecule is CCOC(=O)C[C@@H](N)c1cc(F)c(F)c(F)c1.Cl. The zero-order chi connectivity index (χ0) is 13.0. The molecule has 3 nitrogen and oxygen atoms in total. The summed E-state index contributed by atoms with van der Waals surface area (Å²) < 4.78 is 43.1. The number of hydrogen-bond acceptors (Lipinski definition) is 3. The van der Waals surface area contributed by atoms with E-state index in [0.717, 1.165) is 12.1 Å². The second-order valence-electron chi connectivity index (χ2n) is 3.41. The first-order chi connectivity index (χ1) is 7.95. The first-order valence-electron chi connectivity index (χ1n) is 5.01. The summed E-state index contributed by atoms with van der Waals surface area (Å²) in [7, 11) is 0. The van der Waals surface area contributed by atoms with Crippen LogP contribution in [0.1, 0.15) is 24.9 Å². The number of carbonyl (C=O) groups excluding carboxylic acids is 1. The van der Waals surface area contributed by atoms with Crippen LogP contribution in [-0.4, -0.2) is 12.6 Å². The van der Waals surface area contributed by atoms with Crippen molar-refractivity contribution in [2.24, 2.45) is 5.73 Å². The van der Waals surface area contributed by atoms with Gasteiger partial charge in [0.05, 0.1) is 13.0 Å². The van der Waals surface area contributed by atoms with Crippen LogP contribution in [-0.2, 0) is 9.53 Å². The van der Waals surface area contributed by atoms with Crippen LogP contribution in [0.4, 0.5) is 13.2 Å². The van der Waals surface area contributed by atoms with E-state index in [-0.39, 0.29) is 31.0 Å². The van der Waals surface area contributed by atoms with Gasteiger partial charge >= 0.3 is 5.97 Å². The second kappa shape index (κ2) is 7.23. The van der Waals surface area contributed by atoms with Crippen molar-refractivity contribution in [3.63, 3.8) is 0 Å². The Morgan fingerprint density at radius 1 is 1.33 bits per heavy atom. The highest BCUT2D eigenvalue weighted by Gasteiger charge is 2.17. The number of hydrogen-bond donors (Lipinski definition) is 1. The van der Waals surface area contributed by atoms with Gasteiger partial charge in [-0.2, -0.15) is 0 Å². The Hall–Kier alpha value is -1.27. The van der Waals surface area contributed by atoms with Crippen LogP contribution < -0.4 is 5.73 Å². The molecule has 0 fully saturated rings. The van der Waals surface area contributed by atoms with Crippen molar-refractivity contribution in [3.05, 3.63) is 35.1 Å². The normalized spacial score (nSPS) is 11.6. The Balaban J connectivity index is 0.00000289. The van der Waals surface area contributed by atoms with Crippen LogP contribution in [0.15, 0.2) is 12.1 Å². The molecule has 0 heterocycles. The van der Waals surface area contributed by atoms with Crippen molar-refractivity contribution >= 4 is 18.4 Å². The monoisotopic (exact) mass is 283 g/mol. The third-order valence-electron chi connectivity index (χ3n) is 2.13. The lowest BCUT2D eigenvalue weighted by Crippen LogP contribution is -2.18. The molecule has 18 heavy (non-hydrogen) atoms. The molecule has 0 bridgehead atoms. The molecule has 1 atom stereocenters. The summed E-state index contributed by atoms with van der Waals surface area (Å²) in [6.07, 6.45) is -0.224. The van der Waals surface area contributed by atoms with Crippen LogP contribution >= 0.6 is 12.4 Å². The van der Waals surface area contributed by atoms with Crippen LogP contribution in [0, 0.1) is 17.5 Å². The molecule has 0 aromatic heterocycles. The Labute approximate surface area is 109 Å². The lowest BCUT2D eigenvalue weighted by molar-refractivity contribution is -0.143. The van der Waals surface area contributed by atoms with Gasteiger partial charge in [-0.3, -0.25) is 4.79 Å². The van der Waals surface area contributed by atoms with E-state index in [0.29, 0.717) is 0 Å². The molecule has 0 saturated heterocycles. The van der Waals surface area contributed by atoms with E-state index in [1.165, 1.54) is 0 Å². The molecule has 7 heteroatoms. The summed E-state index contributed by atoms with van der Waals surface area (Å²) in [6.45, 7) is 1.82. The number of carbonyl (C=O) groups is 1. The fourth-order valence-corrected chi connectivity index (χ4v) is 1.31. The zero-order valence-corrected chi connectivity index (χ0v) is 10.4. The molecular weight excluding hydrogens is 271 g/mol. The van der Waals surface area contributed by atoms with E-state index >= 15 is 0 Å². The number of benzene rings is 1. The third kappa shape index (κ3) is 4.19. The van der Waals surface area contributed by atoms with Gasteiger partial charge in [0, 0.05) is 6.04 Å². The zero-order valence-electron chi connectivity index (χ0n) is 9.58. The van der Waals surface area contributed by atoms with E-state index < -0.39 is 29.5 Å². The second-order valence-corrected chi connectivity index (χ2v) is 3.41. The molecule has 0 aliphatic carbocycles.